The maximum atomic E-state index is 12.5. The molecule has 1 heterocycles. The van der Waals surface area contributed by atoms with E-state index < -0.39 is 11.7 Å². The van der Waals surface area contributed by atoms with Gasteiger partial charge in [-0.3, -0.25) is 0 Å². The van der Waals surface area contributed by atoms with Crippen molar-refractivity contribution in [3.8, 4) is 0 Å². The van der Waals surface area contributed by atoms with E-state index in [4.69, 9.17) is 0 Å². The van der Waals surface area contributed by atoms with Crippen molar-refractivity contribution in [3.05, 3.63) is 56.8 Å². The van der Waals surface area contributed by atoms with Gasteiger partial charge in [-0.2, -0.15) is 13.2 Å². The first-order valence-electron chi connectivity index (χ1n) is 6.71. The van der Waals surface area contributed by atoms with E-state index >= 15 is 0 Å². The Bertz CT molecular complexity index is 579. The summed E-state index contributed by atoms with van der Waals surface area (Å²) in [5.41, 5.74) is 1.55. The van der Waals surface area contributed by atoms with Crippen LogP contribution in [0.5, 0.6) is 0 Å². The average Bonchev–Trinajstić information content (AvgIpc) is 2.75. The van der Waals surface area contributed by atoms with Crippen LogP contribution in [0, 0.1) is 13.8 Å². The third kappa shape index (κ3) is 3.86. The predicted octanol–water partition coefficient (Wildman–Crippen LogP) is 4.89. The second-order valence-corrected chi connectivity index (χ2v) is 6.42. The molecule has 21 heavy (non-hydrogen) atoms. The number of nitrogens with one attached hydrogen (secondary N) is 1. The fourth-order valence-electron chi connectivity index (χ4n) is 2.18. The summed E-state index contributed by atoms with van der Waals surface area (Å²) in [6.45, 7) is 4.15. The lowest BCUT2D eigenvalue weighted by atomic mass is 10.0. The van der Waals surface area contributed by atoms with Gasteiger partial charge in [-0.05, 0) is 56.6 Å². The summed E-state index contributed by atoms with van der Waals surface area (Å²) in [7, 11) is 1.87. The number of hydrogen-bond donors (Lipinski definition) is 1. The van der Waals surface area contributed by atoms with Gasteiger partial charge in [0.25, 0.3) is 0 Å². The van der Waals surface area contributed by atoms with E-state index in [0.717, 1.165) is 17.7 Å². The number of rotatable bonds is 4. The first-order chi connectivity index (χ1) is 9.81. The zero-order valence-corrected chi connectivity index (χ0v) is 13.0. The third-order valence-electron chi connectivity index (χ3n) is 3.60. The van der Waals surface area contributed by atoms with Crippen LogP contribution in [0.15, 0.2) is 30.3 Å². The number of alkyl halides is 3. The molecule has 1 nitrogen and oxygen atoms in total. The van der Waals surface area contributed by atoms with Crippen molar-refractivity contribution >= 4 is 11.3 Å². The monoisotopic (exact) mass is 313 g/mol. The van der Waals surface area contributed by atoms with Gasteiger partial charge in [-0.15, -0.1) is 11.3 Å². The Kier molecular flexibility index (Phi) is 4.74. The smallest absolute Gasteiger partial charge is 0.312 e. The Balaban J connectivity index is 2.15. The number of benzene rings is 1. The van der Waals surface area contributed by atoms with Crippen LogP contribution < -0.4 is 5.32 Å². The van der Waals surface area contributed by atoms with Crippen LogP contribution >= 0.6 is 11.3 Å². The molecule has 0 bridgehead atoms. The maximum absolute atomic E-state index is 12.5. The van der Waals surface area contributed by atoms with Crippen LogP contribution in [0.4, 0.5) is 13.2 Å². The average molecular weight is 313 g/mol. The van der Waals surface area contributed by atoms with Gasteiger partial charge in [0.1, 0.15) is 0 Å². The van der Waals surface area contributed by atoms with Gasteiger partial charge < -0.3 is 5.32 Å². The summed E-state index contributed by atoms with van der Waals surface area (Å²) in [5.74, 6) is 0. The topological polar surface area (TPSA) is 12.0 Å². The largest absolute Gasteiger partial charge is 0.416 e. The number of hydrogen-bond acceptors (Lipinski definition) is 2. The molecule has 0 fully saturated rings. The van der Waals surface area contributed by atoms with Crippen LogP contribution in [0.1, 0.15) is 32.5 Å². The molecule has 0 spiro atoms. The molecule has 1 aromatic carbocycles. The van der Waals surface area contributed by atoms with Gasteiger partial charge in [-0.25, -0.2) is 0 Å². The molecule has 0 saturated carbocycles. The van der Waals surface area contributed by atoms with E-state index in [1.165, 1.54) is 15.3 Å². The van der Waals surface area contributed by atoms with Crippen molar-refractivity contribution in [3.63, 3.8) is 0 Å². The van der Waals surface area contributed by atoms with E-state index in [1.807, 2.05) is 7.05 Å². The van der Waals surface area contributed by atoms with Crippen LogP contribution in [0.25, 0.3) is 0 Å². The van der Waals surface area contributed by atoms with Crippen molar-refractivity contribution < 1.29 is 13.2 Å². The third-order valence-corrected chi connectivity index (χ3v) is 4.86. The van der Waals surface area contributed by atoms with Crippen molar-refractivity contribution in [2.75, 3.05) is 7.05 Å². The second kappa shape index (κ2) is 6.20. The lowest BCUT2D eigenvalue weighted by molar-refractivity contribution is -0.137. The lowest BCUT2D eigenvalue weighted by Crippen LogP contribution is -2.17. The molecule has 0 aliphatic heterocycles. The molecule has 1 atom stereocenters. The van der Waals surface area contributed by atoms with Crippen molar-refractivity contribution in [2.24, 2.45) is 0 Å². The molecule has 2 aromatic rings. The molecule has 0 saturated heterocycles. The molecule has 0 amide bonds. The normalized spacial score (nSPS) is 13.4. The predicted molar refractivity (Wildman–Crippen MR) is 80.7 cm³/mol. The highest BCUT2D eigenvalue weighted by Crippen LogP contribution is 2.31. The maximum Gasteiger partial charge on any atom is 0.416 e. The van der Waals surface area contributed by atoms with Gasteiger partial charge in [-0.1, -0.05) is 12.1 Å². The number of likely N-dealkylation sites (N-methyl/N-ethyl adjacent to an activating group) is 1. The first-order valence-corrected chi connectivity index (χ1v) is 7.53. The Labute approximate surface area is 126 Å². The van der Waals surface area contributed by atoms with Crippen LogP contribution in [0.3, 0.4) is 0 Å². The minimum atomic E-state index is -4.27. The molecular formula is C16H18F3NS. The van der Waals surface area contributed by atoms with Gasteiger partial charge in [0.15, 0.2) is 0 Å². The van der Waals surface area contributed by atoms with E-state index in [2.05, 4.69) is 25.2 Å². The number of halogens is 3. The molecule has 2 rings (SSSR count). The minimum Gasteiger partial charge on any atom is -0.312 e. The molecule has 1 N–H and O–H groups in total. The van der Waals surface area contributed by atoms with Gasteiger partial charge in [0.05, 0.1) is 5.56 Å². The van der Waals surface area contributed by atoms with E-state index in [9.17, 15) is 13.2 Å². The van der Waals surface area contributed by atoms with Gasteiger partial charge in [0, 0.05) is 15.8 Å². The lowest BCUT2D eigenvalue weighted by Gasteiger charge is -2.15. The Hall–Kier alpha value is -1.33. The zero-order chi connectivity index (χ0) is 15.6. The molecule has 5 heteroatoms. The minimum absolute atomic E-state index is 0.124. The molecule has 0 aliphatic rings. The fourth-order valence-corrected chi connectivity index (χ4v) is 3.34. The quantitative estimate of drug-likeness (QED) is 0.847. The summed E-state index contributed by atoms with van der Waals surface area (Å²) in [4.78, 5) is 2.49. The highest BCUT2D eigenvalue weighted by atomic mass is 32.1. The number of thiophene rings is 1. The SMILES string of the molecule is CNC(Cc1ccc(C(F)(F)F)cc1)c1cc(C)c(C)s1. The van der Waals surface area contributed by atoms with Gasteiger partial charge in [0.2, 0.25) is 0 Å². The van der Waals surface area contributed by atoms with Crippen molar-refractivity contribution in [1.29, 1.82) is 0 Å². The summed E-state index contributed by atoms with van der Waals surface area (Å²) < 4.78 is 37.6. The zero-order valence-electron chi connectivity index (χ0n) is 12.2. The van der Waals surface area contributed by atoms with E-state index in [0.29, 0.717) is 6.42 Å². The highest BCUT2D eigenvalue weighted by Gasteiger charge is 2.30. The summed E-state index contributed by atoms with van der Waals surface area (Å²) in [5, 5.41) is 3.24. The summed E-state index contributed by atoms with van der Waals surface area (Å²) >= 11 is 1.73. The fraction of sp³-hybridized carbons (Fsp3) is 0.375. The first kappa shape index (κ1) is 16.0. The molecule has 114 valence electrons. The van der Waals surface area contributed by atoms with Crippen LogP contribution in [-0.4, -0.2) is 7.05 Å². The van der Waals surface area contributed by atoms with Crippen LogP contribution in [-0.2, 0) is 12.6 Å². The Morgan fingerprint density at radius 1 is 1.14 bits per heavy atom. The van der Waals surface area contributed by atoms with E-state index in [1.54, 1.807) is 23.5 Å². The van der Waals surface area contributed by atoms with E-state index in [-0.39, 0.29) is 6.04 Å². The number of aryl methyl sites for hydroxylation is 2. The van der Waals surface area contributed by atoms with Gasteiger partial charge >= 0.3 is 6.18 Å². The Morgan fingerprint density at radius 3 is 2.19 bits per heavy atom. The van der Waals surface area contributed by atoms with Crippen molar-refractivity contribution in [2.45, 2.75) is 32.5 Å². The molecule has 1 aromatic heterocycles. The summed E-state index contributed by atoms with van der Waals surface area (Å²) in [6.07, 6.45) is -3.60. The summed E-state index contributed by atoms with van der Waals surface area (Å²) in [6, 6.07) is 7.67. The standard InChI is InChI=1S/C16H18F3NS/c1-10-8-15(21-11(10)2)14(20-3)9-12-4-6-13(7-5-12)16(17,18)19/h4-8,14,20H,9H2,1-3H3. The molecule has 0 aliphatic carbocycles. The molecule has 1 unspecified atom stereocenters. The molecule has 0 radical (unpaired) electrons. The highest BCUT2D eigenvalue weighted by molar-refractivity contribution is 7.12. The molecular weight excluding hydrogens is 295 g/mol. The second-order valence-electron chi connectivity index (χ2n) is 5.13. The van der Waals surface area contributed by atoms with Crippen LogP contribution in [0.2, 0.25) is 0 Å². The Morgan fingerprint density at radius 2 is 1.76 bits per heavy atom. The van der Waals surface area contributed by atoms with Crippen molar-refractivity contribution in [1.82, 2.24) is 5.32 Å².